The molecule has 0 atom stereocenters. The lowest BCUT2D eigenvalue weighted by Crippen LogP contribution is -2.67. The Bertz CT molecular complexity index is 1060. The molecule has 8 nitrogen and oxygen atoms in total. The Kier molecular flexibility index (Phi) is 7.97. The number of nitrogens with two attached hydrogens (primary N) is 1. The van der Waals surface area contributed by atoms with Crippen LogP contribution in [-0.4, -0.2) is 51.7 Å². The van der Waals surface area contributed by atoms with Gasteiger partial charge in [-0.2, -0.15) is 0 Å². The van der Waals surface area contributed by atoms with Gasteiger partial charge in [0.25, 0.3) is 0 Å². The lowest BCUT2D eigenvalue weighted by molar-refractivity contribution is -0.355. The van der Waals surface area contributed by atoms with Crippen LogP contribution in [0.25, 0.3) is 10.6 Å². The highest BCUT2D eigenvalue weighted by Gasteiger charge is 2.27. The van der Waals surface area contributed by atoms with E-state index in [-0.39, 0.29) is 12.2 Å². The number of hydrogen-bond acceptors (Lipinski definition) is 7. The molecule has 0 saturated carbocycles. The minimum absolute atomic E-state index is 0.0401. The van der Waals surface area contributed by atoms with E-state index in [1.165, 1.54) is 11.3 Å². The number of benzene rings is 1. The summed E-state index contributed by atoms with van der Waals surface area (Å²) >= 11 is 7.78. The average Bonchev–Trinajstić information content (AvgIpc) is 3.08. The molecule has 2 aromatic rings. The normalized spacial score (nSPS) is 17.5. The summed E-state index contributed by atoms with van der Waals surface area (Å²) in [7, 11) is 0. The summed E-state index contributed by atoms with van der Waals surface area (Å²) in [6, 6.07) is 5.58. The van der Waals surface area contributed by atoms with Crippen LogP contribution in [0.5, 0.6) is 5.75 Å². The number of carbonyl (C=O) groups excluding carboxylic acids is 1. The molecule has 1 amide bonds. The van der Waals surface area contributed by atoms with Crippen molar-refractivity contribution in [3.05, 3.63) is 35.0 Å². The van der Waals surface area contributed by atoms with Crippen molar-refractivity contribution in [1.29, 1.82) is 0 Å². The van der Waals surface area contributed by atoms with Gasteiger partial charge in [0.15, 0.2) is 5.01 Å². The number of ether oxygens (including phenoxy) is 2. The first-order valence-corrected chi connectivity index (χ1v) is 12.1. The highest BCUT2D eigenvalue weighted by molar-refractivity contribution is 7.17. The summed E-state index contributed by atoms with van der Waals surface area (Å²) < 4.78 is 11.2. The number of likely N-dealkylation sites (tertiary alicyclic amines) is 1. The third-order valence-corrected chi connectivity index (χ3v) is 5.93. The minimum Gasteiger partial charge on any atom is -0.489 e. The maximum Gasteiger partial charge on any atom is 0.410 e. The lowest BCUT2D eigenvalue weighted by Gasteiger charge is -2.26. The topological polar surface area (TPSA) is 105 Å². The Morgan fingerprint density at radius 1 is 1.27 bits per heavy atom. The van der Waals surface area contributed by atoms with Crippen molar-refractivity contribution in [3.63, 3.8) is 0 Å². The fraction of sp³-hybridized carbons (Fsp3) is 0.478. The fourth-order valence-corrected chi connectivity index (χ4v) is 4.25. The molecule has 33 heavy (non-hydrogen) atoms. The summed E-state index contributed by atoms with van der Waals surface area (Å²) in [6.07, 6.45) is 2.52. The predicted molar refractivity (Wildman–Crippen MR) is 131 cm³/mol. The fourth-order valence-electron chi connectivity index (χ4n) is 3.26. The maximum absolute atomic E-state index is 12.5. The second-order valence-corrected chi connectivity index (χ2v) is 10.4. The highest BCUT2D eigenvalue weighted by Crippen LogP contribution is 2.32. The predicted octanol–water partition coefficient (Wildman–Crippen LogP) is 3.67. The average molecular weight is 493 g/mol. The molecule has 1 fully saturated rings. The molecule has 2 heterocycles. The van der Waals surface area contributed by atoms with E-state index < -0.39 is 5.60 Å². The monoisotopic (exact) mass is 492 g/mol. The van der Waals surface area contributed by atoms with Gasteiger partial charge in [0.1, 0.15) is 17.1 Å². The number of aromatic nitrogens is 2. The molecule has 3 rings (SSSR count). The van der Waals surface area contributed by atoms with Crippen LogP contribution in [0.2, 0.25) is 5.02 Å². The van der Waals surface area contributed by atoms with Gasteiger partial charge in [-0.15, -0.1) is 0 Å². The van der Waals surface area contributed by atoms with E-state index in [2.05, 4.69) is 15.2 Å². The highest BCUT2D eigenvalue weighted by atomic mass is 35.5. The maximum atomic E-state index is 12.5. The zero-order valence-electron chi connectivity index (χ0n) is 19.6. The molecule has 178 valence electrons. The molecular weight excluding hydrogens is 462 g/mol. The number of nitrogens with zero attached hydrogens (tertiary/aromatic N) is 3. The second-order valence-electron chi connectivity index (χ2n) is 8.99. The van der Waals surface area contributed by atoms with Crippen molar-refractivity contribution < 1.29 is 19.3 Å². The van der Waals surface area contributed by atoms with E-state index in [0.29, 0.717) is 41.8 Å². The molecule has 10 heteroatoms. The standard InChI is InChI=1S/C23H30ClN5O3S/c1-14(2)31-19-7-6-15(12-17(19)24)20-27-28-21(33-20)26-18-9-11-29(10-8-16(18)13-25)22(30)32-23(3,4)5/h6-7,12-14H,8-11,25H2,1-5H3/p+1. The van der Waals surface area contributed by atoms with Crippen LogP contribution < -0.4 is 15.5 Å². The Hall–Kier alpha value is -2.65. The van der Waals surface area contributed by atoms with Crippen LogP contribution in [-0.2, 0) is 4.74 Å². The van der Waals surface area contributed by atoms with E-state index in [4.69, 9.17) is 26.8 Å². The number of hydrogen-bond donors (Lipinski definition) is 2. The SMILES string of the molecule is CC(C)Oc1ccc(-c2nnc([NH+]=C3CCN(C(=O)OC(C)(C)C)CCC3=CN)s2)cc1Cl. The molecule has 0 radical (unpaired) electrons. The van der Waals surface area contributed by atoms with Crippen LogP contribution in [0, 0.1) is 0 Å². The van der Waals surface area contributed by atoms with Gasteiger partial charge in [-0.3, -0.25) is 0 Å². The summed E-state index contributed by atoms with van der Waals surface area (Å²) in [6.45, 7) is 10.5. The van der Waals surface area contributed by atoms with Gasteiger partial charge >= 0.3 is 11.2 Å². The third kappa shape index (κ3) is 6.91. The molecule has 0 spiro atoms. The molecule has 0 unspecified atom stereocenters. The van der Waals surface area contributed by atoms with E-state index in [1.807, 2.05) is 52.8 Å². The number of amides is 1. The van der Waals surface area contributed by atoms with Crippen LogP contribution in [0.1, 0.15) is 47.5 Å². The van der Waals surface area contributed by atoms with Crippen LogP contribution in [0.4, 0.5) is 9.93 Å². The quantitative estimate of drug-likeness (QED) is 0.674. The number of halogens is 1. The van der Waals surface area contributed by atoms with E-state index in [0.717, 1.165) is 21.9 Å². The van der Waals surface area contributed by atoms with Crippen molar-refractivity contribution in [2.45, 2.75) is 59.2 Å². The van der Waals surface area contributed by atoms with Gasteiger partial charge < -0.3 is 20.1 Å². The van der Waals surface area contributed by atoms with Gasteiger partial charge in [-0.1, -0.05) is 11.6 Å². The van der Waals surface area contributed by atoms with Crippen LogP contribution in [0.15, 0.2) is 30.0 Å². The Balaban J connectivity index is 1.76. The van der Waals surface area contributed by atoms with Crippen molar-refractivity contribution in [2.24, 2.45) is 5.73 Å². The van der Waals surface area contributed by atoms with Gasteiger partial charge in [0, 0.05) is 36.8 Å². The first-order chi connectivity index (χ1) is 15.6. The minimum atomic E-state index is -0.536. The van der Waals surface area contributed by atoms with E-state index >= 15 is 0 Å². The molecule has 1 saturated heterocycles. The van der Waals surface area contributed by atoms with E-state index in [9.17, 15) is 4.79 Å². The Labute approximate surface area is 203 Å². The molecular formula is C23H31ClN5O3S+. The Morgan fingerprint density at radius 3 is 2.64 bits per heavy atom. The number of nitrogens with one attached hydrogen (secondary N) is 1. The van der Waals surface area contributed by atoms with Gasteiger partial charge in [0.2, 0.25) is 0 Å². The van der Waals surface area contributed by atoms with Crippen molar-refractivity contribution in [1.82, 2.24) is 15.1 Å². The van der Waals surface area contributed by atoms with Gasteiger partial charge in [-0.05, 0) is 75.7 Å². The molecule has 1 aromatic heterocycles. The number of rotatable bonds is 4. The summed E-state index contributed by atoms with van der Waals surface area (Å²) in [4.78, 5) is 17.5. The number of carbonyl (C=O) groups is 1. The zero-order valence-corrected chi connectivity index (χ0v) is 21.2. The lowest BCUT2D eigenvalue weighted by atomic mass is 10.1. The van der Waals surface area contributed by atoms with Crippen molar-refractivity contribution in [3.8, 4) is 16.3 Å². The summed E-state index contributed by atoms with van der Waals surface area (Å²) in [5.74, 6) is 0.638. The first kappa shape index (κ1) is 25.0. The molecule has 3 N–H and O–H groups in total. The smallest absolute Gasteiger partial charge is 0.410 e. The molecule has 1 aliphatic heterocycles. The van der Waals surface area contributed by atoms with Crippen LogP contribution in [0.3, 0.4) is 0 Å². The van der Waals surface area contributed by atoms with Crippen molar-refractivity contribution in [2.75, 3.05) is 13.1 Å². The van der Waals surface area contributed by atoms with Crippen LogP contribution >= 0.6 is 22.9 Å². The van der Waals surface area contributed by atoms with Gasteiger partial charge in [-0.25, -0.2) is 9.79 Å². The molecule has 0 bridgehead atoms. The van der Waals surface area contributed by atoms with Crippen molar-refractivity contribution >= 4 is 39.9 Å². The van der Waals surface area contributed by atoms with E-state index in [1.54, 1.807) is 11.1 Å². The summed E-state index contributed by atoms with van der Waals surface area (Å²) in [5.41, 5.74) is 8.07. The second kappa shape index (κ2) is 10.5. The molecule has 1 aromatic carbocycles. The third-order valence-electron chi connectivity index (χ3n) is 4.75. The molecule has 0 aliphatic carbocycles. The Morgan fingerprint density at radius 2 is 2.00 bits per heavy atom. The zero-order chi connectivity index (χ0) is 24.2. The first-order valence-electron chi connectivity index (χ1n) is 10.9. The molecule has 1 aliphatic rings. The largest absolute Gasteiger partial charge is 0.489 e. The van der Waals surface area contributed by atoms with Gasteiger partial charge in [0.05, 0.1) is 16.2 Å². The summed E-state index contributed by atoms with van der Waals surface area (Å²) in [5, 5.41) is 10.5.